The third-order valence-corrected chi connectivity index (χ3v) is 5.55. The van der Waals surface area contributed by atoms with Crippen LogP contribution < -0.4 is 10.2 Å². The van der Waals surface area contributed by atoms with Gasteiger partial charge < -0.3 is 24.3 Å². The molecule has 0 atom stereocenters. The summed E-state index contributed by atoms with van der Waals surface area (Å²) in [5, 5.41) is 11.8. The van der Waals surface area contributed by atoms with Gasteiger partial charge in [0.2, 0.25) is 0 Å². The highest BCUT2D eigenvalue weighted by molar-refractivity contribution is 6.02. The Morgan fingerprint density at radius 3 is 2.20 bits per heavy atom. The second-order valence-electron chi connectivity index (χ2n) is 9.31. The second kappa shape index (κ2) is 9.94. The topological polar surface area (TPSA) is 98.8 Å². The third-order valence-electron chi connectivity index (χ3n) is 5.55. The maximum absolute atomic E-state index is 12.6. The highest BCUT2D eigenvalue weighted by Crippen LogP contribution is 2.24. The predicted octanol–water partition coefficient (Wildman–Crippen LogP) is 5.13. The van der Waals surface area contributed by atoms with Gasteiger partial charge >= 0.3 is 6.09 Å². The third kappa shape index (κ3) is 6.01. The van der Waals surface area contributed by atoms with Crippen molar-refractivity contribution in [3.8, 4) is 17.4 Å². The largest absolute Gasteiger partial charge is 0.451 e. The standard InChI is InChI=1S/C27H28N4O4/c1-27(2,3)35-26(33)31-16-14-30(15-17-31)22-10-8-21(9-11-22)29-25(32)24-13-12-23(34-24)20-6-4-19(18-28)5-7-20/h4-13H,14-17H2,1-3H3,(H,29,32). The molecule has 2 heterocycles. The van der Waals surface area contributed by atoms with Crippen LogP contribution in [0.4, 0.5) is 16.2 Å². The first-order valence-electron chi connectivity index (χ1n) is 11.5. The molecule has 1 saturated heterocycles. The molecular formula is C27H28N4O4. The molecule has 2 amide bonds. The van der Waals surface area contributed by atoms with Crippen LogP contribution in [0, 0.1) is 11.3 Å². The smallest absolute Gasteiger partial charge is 0.410 e. The van der Waals surface area contributed by atoms with E-state index in [0.29, 0.717) is 43.2 Å². The van der Waals surface area contributed by atoms with Gasteiger partial charge in [-0.1, -0.05) is 0 Å². The van der Waals surface area contributed by atoms with E-state index in [4.69, 9.17) is 14.4 Å². The summed E-state index contributed by atoms with van der Waals surface area (Å²) in [6.07, 6.45) is -0.282. The zero-order valence-electron chi connectivity index (χ0n) is 20.1. The van der Waals surface area contributed by atoms with E-state index >= 15 is 0 Å². The van der Waals surface area contributed by atoms with Gasteiger partial charge in [0.05, 0.1) is 11.6 Å². The van der Waals surface area contributed by atoms with Crippen molar-refractivity contribution in [2.75, 3.05) is 36.4 Å². The molecule has 35 heavy (non-hydrogen) atoms. The number of rotatable bonds is 4. The van der Waals surface area contributed by atoms with Crippen LogP contribution in [-0.4, -0.2) is 48.7 Å². The zero-order valence-corrected chi connectivity index (χ0v) is 20.1. The Morgan fingerprint density at radius 1 is 0.943 bits per heavy atom. The number of carbonyl (C=O) groups is 2. The number of ether oxygens (including phenoxy) is 1. The molecule has 1 aliphatic heterocycles. The van der Waals surface area contributed by atoms with Crippen molar-refractivity contribution >= 4 is 23.4 Å². The molecule has 0 saturated carbocycles. The van der Waals surface area contributed by atoms with Gasteiger partial charge in [0.1, 0.15) is 11.4 Å². The number of nitrogens with zero attached hydrogens (tertiary/aromatic N) is 3. The van der Waals surface area contributed by atoms with Crippen LogP contribution in [0.5, 0.6) is 0 Å². The Balaban J connectivity index is 1.32. The Hall–Kier alpha value is -4.25. The van der Waals surface area contributed by atoms with Gasteiger partial charge in [-0.05, 0) is 81.4 Å². The Bertz CT molecular complexity index is 1230. The quantitative estimate of drug-likeness (QED) is 0.565. The molecule has 1 fully saturated rings. The Kier molecular flexibility index (Phi) is 6.78. The van der Waals surface area contributed by atoms with Crippen molar-refractivity contribution in [2.24, 2.45) is 0 Å². The summed E-state index contributed by atoms with van der Waals surface area (Å²) in [6.45, 7) is 8.18. The van der Waals surface area contributed by atoms with E-state index < -0.39 is 5.60 Å². The van der Waals surface area contributed by atoms with Crippen LogP contribution in [0.3, 0.4) is 0 Å². The summed E-state index contributed by atoms with van der Waals surface area (Å²) in [4.78, 5) is 28.8. The van der Waals surface area contributed by atoms with E-state index in [1.165, 1.54) is 0 Å². The van der Waals surface area contributed by atoms with Gasteiger partial charge in [-0.2, -0.15) is 5.26 Å². The van der Waals surface area contributed by atoms with E-state index in [2.05, 4.69) is 16.3 Å². The highest BCUT2D eigenvalue weighted by atomic mass is 16.6. The first kappa shape index (κ1) is 23.9. The zero-order chi connectivity index (χ0) is 25.0. The summed E-state index contributed by atoms with van der Waals surface area (Å²) >= 11 is 0. The first-order chi connectivity index (χ1) is 16.7. The summed E-state index contributed by atoms with van der Waals surface area (Å²) in [6, 6.07) is 20.0. The summed E-state index contributed by atoms with van der Waals surface area (Å²) in [5.41, 5.74) is 2.52. The Morgan fingerprint density at radius 2 is 1.60 bits per heavy atom. The average molecular weight is 473 g/mol. The number of hydrogen-bond acceptors (Lipinski definition) is 6. The lowest BCUT2D eigenvalue weighted by atomic mass is 10.1. The van der Waals surface area contributed by atoms with Gasteiger partial charge in [-0.3, -0.25) is 4.79 Å². The number of piperazine rings is 1. The van der Waals surface area contributed by atoms with Gasteiger partial charge in [0.15, 0.2) is 5.76 Å². The lowest BCUT2D eigenvalue weighted by Gasteiger charge is -2.36. The monoisotopic (exact) mass is 472 g/mol. The first-order valence-corrected chi connectivity index (χ1v) is 11.5. The summed E-state index contributed by atoms with van der Waals surface area (Å²) in [5.74, 6) is 0.413. The molecule has 2 aromatic carbocycles. The molecule has 8 nitrogen and oxygen atoms in total. The van der Waals surface area contributed by atoms with E-state index in [1.807, 2.05) is 45.0 Å². The van der Waals surface area contributed by atoms with E-state index in [-0.39, 0.29) is 17.8 Å². The number of furan rings is 1. The summed E-state index contributed by atoms with van der Waals surface area (Å²) < 4.78 is 11.2. The normalized spacial score (nSPS) is 13.8. The van der Waals surface area contributed by atoms with Gasteiger partial charge in [-0.15, -0.1) is 0 Å². The van der Waals surface area contributed by atoms with Crippen LogP contribution in [0.25, 0.3) is 11.3 Å². The van der Waals surface area contributed by atoms with Crippen molar-refractivity contribution in [3.05, 3.63) is 72.0 Å². The molecular weight excluding hydrogens is 444 g/mol. The summed E-state index contributed by atoms with van der Waals surface area (Å²) in [7, 11) is 0. The lowest BCUT2D eigenvalue weighted by molar-refractivity contribution is 0.0240. The SMILES string of the molecule is CC(C)(C)OC(=O)N1CCN(c2ccc(NC(=O)c3ccc(-c4ccc(C#N)cc4)o3)cc2)CC1. The highest BCUT2D eigenvalue weighted by Gasteiger charge is 2.26. The average Bonchev–Trinajstić information content (AvgIpc) is 3.34. The molecule has 4 rings (SSSR count). The van der Waals surface area contributed by atoms with Crippen LogP contribution in [0.15, 0.2) is 65.1 Å². The fourth-order valence-corrected chi connectivity index (χ4v) is 3.75. The minimum atomic E-state index is -0.505. The maximum atomic E-state index is 12.6. The molecule has 1 N–H and O–H groups in total. The second-order valence-corrected chi connectivity index (χ2v) is 9.31. The van der Waals surface area contributed by atoms with Crippen LogP contribution in [0.1, 0.15) is 36.9 Å². The Labute approximate surface area is 204 Å². The number of anilines is 2. The van der Waals surface area contributed by atoms with Crippen LogP contribution in [-0.2, 0) is 4.74 Å². The molecule has 0 spiro atoms. The van der Waals surface area contributed by atoms with Gasteiger partial charge in [-0.25, -0.2) is 4.79 Å². The van der Waals surface area contributed by atoms with E-state index in [1.54, 1.807) is 41.3 Å². The lowest BCUT2D eigenvalue weighted by Crippen LogP contribution is -2.50. The molecule has 1 aromatic heterocycles. The molecule has 0 unspecified atom stereocenters. The number of hydrogen-bond donors (Lipinski definition) is 1. The van der Waals surface area contributed by atoms with Crippen LogP contribution >= 0.6 is 0 Å². The molecule has 0 bridgehead atoms. The minimum absolute atomic E-state index is 0.201. The molecule has 180 valence electrons. The van der Waals surface area contributed by atoms with Crippen molar-refractivity contribution in [3.63, 3.8) is 0 Å². The number of nitrogens with one attached hydrogen (secondary N) is 1. The van der Waals surface area contributed by atoms with Crippen molar-refractivity contribution in [1.82, 2.24) is 4.90 Å². The number of amides is 2. The fourth-order valence-electron chi connectivity index (χ4n) is 3.75. The predicted molar refractivity (Wildman–Crippen MR) is 133 cm³/mol. The van der Waals surface area contributed by atoms with Crippen molar-refractivity contribution in [2.45, 2.75) is 26.4 Å². The molecule has 0 aliphatic carbocycles. The number of benzene rings is 2. The van der Waals surface area contributed by atoms with Gasteiger partial charge in [0.25, 0.3) is 5.91 Å². The van der Waals surface area contributed by atoms with Crippen molar-refractivity contribution < 1.29 is 18.7 Å². The molecule has 8 heteroatoms. The van der Waals surface area contributed by atoms with Crippen LogP contribution in [0.2, 0.25) is 0 Å². The molecule has 1 aliphatic rings. The number of carbonyl (C=O) groups excluding carboxylic acids is 2. The minimum Gasteiger partial charge on any atom is -0.451 e. The fraction of sp³-hybridized carbons (Fsp3) is 0.296. The van der Waals surface area contributed by atoms with Gasteiger partial charge in [0, 0.05) is 43.1 Å². The van der Waals surface area contributed by atoms with E-state index in [9.17, 15) is 9.59 Å². The molecule has 0 radical (unpaired) electrons. The van der Waals surface area contributed by atoms with E-state index in [0.717, 1.165) is 11.3 Å². The molecule has 3 aromatic rings. The number of nitriles is 1. The van der Waals surface area contributed by atoms with Crippen molar-refractivity contribution in [1.29, 1.82) is 5.26 Å². The maximum Gasteiger partial charge on any atom is 0.410 e.